The maximum absolute atomic E-state index is 16.9. The van der Waals surface area contributed by atoms with Crippen molar-refractivity contribution in [3.8, 4) is 0 Å². The number of esters is 1. The Morgan fingerprint density at radius 1 is 1.05 bits per heavy atom. The Morgan fingerprint density at radius 2 is 1.74 bits per heavy atom. The van der Waals surface area contributed by atoms with Gasteiger partial charge in [-0.25, -0.2) is 24.4 Å². The number of benzene rings is 1. The minimum absolute atomic E-state index is 0.0132. The number of ketones is 2. The van der Waals surface area contributed by atoms with E-state index >= 15 is 4.39 Å². The van der Waals surface area contributed by atoms with Crippen LogP contribution in [0.5, 0.6) is 0 Å². The average Bonchev–Trinajstić information content (AvgIpc) is 3.45. The summed E-state index contributed by atoms with van der Waals surface area (Å²) < 4.78 is 47.4. The Hall–Kier alpha value is -3.60. The van der Waals surface area contributed by atoms with Crippen molar-refractivity contribution in [1.29, 1.82) is 0 Å². The van der Waals surface area contributed by atoms with Crippen molar-refractivity contribution in [3.63, 3.8) is 0 Å². The van der Waals surface area contributed by atoms with Gasteiger partial charge in [-0.1, -0.05) is 45.9 Å². The molecule has 3 fully saturated rings. The lowest BCUT2D eigenvalue weighted by atomic mass is 9.73. The molecule has 3 saturated heterocycles. The van der Waals surface area contributed by atoms with Crippen LogP contribution < -0.4 is 5.43 Å². The molecule has 0 unspecified atom stereocenters. The molecule has 13 atom stereocenters. The van der Waals surface area contributed by atoms with Crippen molar-refractivity contribution >= 4 is 34.5 Å². The number of ether oxygens (including phenoxy) is 5. The minimum atomic E-state index is -3.19. The molecule has 0 bridgehead atoms. The number of nitrogens with zero attached hydrogens (tertiary/aromatic N) is 3. The summed E-state index contributed by atoms with van der Waals surface area (Å²) in [6, 6.07) is 8.42. The molecule has 58 heavy (non-hydrogen) atoms. The van der Waals surface area contributed by atoms with Gasteiger partial charge >= 0.3 is 12.1 Å². The second-order valence-corrected chi connectivity index (χ2v) is 17.3. The van der Waals surface area contributed by atoms with E-state index in [1.165, 1.54) is 19.0 Å². The van der Waals surface area contributed by atoms with Crippen molar-refractivity contribution in [2.45, 2.75) is 147 Å². The number of likely N-dealkylation sites (N-methyl/N-ethyl adjacent to an activating group) is 1. The molecule has 3 aliphatic heterocycles. The number of rotatable bonds is 10. The van der Waals surface area contributed by atoms with E-state index < -0.39 is 83.1 Å². The van der Waals surface area contributed by atoms with Crippen LogP contribution in [0.1, 0.15) is 86.6 Å². The Labute approximate surface area is 341 Å². The minimum Gasteiger partial charge on any atom is -0.455 e. The number of aryl methyl sites for hydroxylation is 1. The first kappa shape index (κ1) is 45.5. The van der Waals surface area contributed by atoms with Crippen LogP contribution >= 0.6 is 0 Å². The summed E-state index contributed by atoms with van der Waals surface area (Å²) in [7, 11) is 5.04. The molecule has 1 aromatic heterocycles. The van der Waals surface area contributed by atoms with Crippen molar-refractivity contribution in [2.24, 2.45) is 17.8 Å². The van der Waals surface area contributed by atoms with Gasteiger partial charge in [0, 0.05) is 49.0 Å². The Morgan fingerprint density at radius 3 is 2.40 bits per heavy atom. The summed E-state index contributed by atoms with van der Waals surface area (Å²) in [4.78, 5) is 62.9. The fourth-order valence-corrected chi connectivity index (χ4v) is 9.39. The van der Waals surface area contributed by atoms with Crippen LogP contribution in [0.4, 0.5) is 9.18 Å². The van der Waals surface area contributed by atoms with E-state index in [-0.39, 0.29) is 30.8 Å². The van der Waals surface area contributed by atoms with E-state index in [2.05, 4.69) is 10.4 Å². The molecule has 0 aliphatic carbocycles. The highest BCUT2D eigenvalue weighted by Crippen LogP contribution is 2.43. The lowest BCUT2D eigenvalue weighted by Crippen LogP contribution is -2.62. The Kier molecular flexibility index (Phi) is 14.1. The summed E-state index contributed by atoms with van der Waals surface area (Å²) in [5.74, 6) is -5.90. The van der Waals surface area contributed by atoms with Gasteiger partial charge in [0.05, 0.1) is 23.3 Å². The number of nitrogens with one attached hydrogen (secondary N) is 1. The first-order valence-electron chi connectivity index (χ1n) is 20.5. The number of hydrogen-bond donors (Lipinski definition) is 2. The summed E-state index contributed by atoms with van der Waals surface area (Å²) >= 11 is 0. The van der Waals surface area contributed by atoms with Crippen molar-refractivity contribution in [3.05, 3.63) is 42.1 Å². The molecular formula is C43H63FN4O10. The summed E-state index contributed by atoms with van der Waals surface area (Å²) in [5.41, 5.74) is -1.12. The first-order chi connectivity index (χ1) is 27.2. The molecule has 322 valence electrons. The molecular weight excluding hydrogens is 751 g/mol. The number of hydrogen-bond acceptors (Lipinski definition) is 13. The molecule has 0 spiro atoms. The lowest BCUT2D eigenvalue weighted by molar-refractivity contribution is -0.295. The Balaban J connectivity index is 1.49. The normalized spacial score (nSPS) is 38.1. The molecule has 1 amide bonds. The van der Waals surface area contributed by atoms with Crippen molar-refractivity contribution in [2.75, 3.05) is 27.7 Å². The van der Waals surface area contributed by atoms with E-state index in [0.29, 0.717) is 25.8 Å². The van der Waals surface area contributed by atoms with Gasteiger partial charge in [-0.15, -0.1) is 0 Å². The van der Waals surface area contributed by atoms with Crippen LogP contribution in [0.3, 0.4) is 0 Å². The quantitative estimate of drug-likeness (QED) is 0.188. The largest absolute Gasteiger partial charge is 0.455 e. The van der Waals surface area contributed by atoms with Crippen LogP contribution in [0, 0.1) is 17.8 Å². The van der Waals surface area contributed by atoms with E-state index in [1.807, 2.05) is 56.3 Å². The lowest BCUT2D eigenvalue weighted by Gasteiger charge is -2.47. The maximum Gasteiger partial charge on any atom is 0.425 e. The summed E-state index contributed by atoms with van der Waals surface area (Å²) in [5, 5.41) is 13.7. The Bertz CT molecular complexity index is 1810. The maximum atomic E-state index is 16.9. The molecule has 3 aliphatic rings. The average molecular weight is 815 g/mol. The molecule has 2 aromatic rings. The summed E-state index contributed by atoms with van der Waals surface area (Å²) in [6.45, 7) is 12.8. The highest BCUT2D eigenvalue weighted by molar-refractivity contribution is 6.08. The number of methoxy groups -OCH3 is 1. The van der Waals surface area contributed by atoms with Crippen LogP contribution in [-0.2, 0) is 44.5 Å². The number of Topliss-reactive ketones (excluding diaryl/α,β-unsaturated/α-hetero) is 2. The number of halogens is 1. The van der Waals surface area contributed by atoms with Crippen LogP contribution in [-0.4, -0.2) is 131 Å². The van der Waals surface area contributed by atoms with Crippen LogP contribution in [0.2, 0.25) is 0 Å². The number of carbonyl (C=O) groups excluding carboxylic acids is 4. The predicted octanol–water partition coefficient (Wildman–Crippen LogP) is 4.97. The zero-order valence-corrected chi connectivity index (χ0v) is 35.8. The number of amides is 1. The highest BCUT2D eigenvalue weighted by Gasteiger charge is 2.62. The number of pyridine rings is 1. The number of aromatic nitrogens is 1. The molecule has 0 saturated carbocycles. The van der Waals surface area contributed by atoms with E-state index in [1.54, 1.807) is 40.8 Å². The standard InChI is InChI=1S/C43H63FN4O10/c1-12-32-43(8)35(48(40(53)58-43)46-20-15-16-28-19-21-45-30-18-14-13-17-29(28)30)26(4)33(49)24(2)23-41(6,54-11)37(27(5)36(51)42(7,44)39(52)56-32)57-38-34(50)31(47(9)10)22-25(3)55-38/h13-14,17-19,21,24-27,31-32,34-35,37-38,46,50H,12,15-16,20,22-23H2,1-11H3/t24-,25-,26+,27+,31+,32-,34-,35-,37-,38+,41-,42+,43-/m1/s1. The smallest absolute Gasteiger partial charge is 0.425 e. The van der Waals surface area contributed by atoms with Gasteiger partial charge in [0.2, 0.25) is 0 Å². The van der Waals surface area contributed by atoms with Gasteiger partial charge in [-0.3, -0.25) is 14.6 Å². The van der Waals surface area contributed by atoms with Crippen molar-refractivity contribution < 1.29 is 52.4 Å². The number of aliphatic hydroxyl groups is 1. The second kappa shape index (κ2) is 17.9. The molecule has 5 rings (SSSR count). The third-order valence-corrected chi connectivity index (χ3v) is 12.7. The number of cyclic esters (lactones) is 1. The van der Waals surface area contributed by atoms with E-state index in [0.717, 1.165) is 23.4 Å². The molecule has 15 heteroatoms. The number of hydrazine groups is 1. The number of alkyl halides is 1. The number of para-hydroxylation sites is 1. The van der Waals surface area contributed by atoms with Gasteiger partial charge in [-0.05, 0) is 91.6 Å². The zero-order chi connectivity index (χ0) is 42.9. The zero-order valence-electron chi connectivity index (χ0n) is 35.8. The van der Waals surface area contributed by atoms with Crippen LogP contribution in [0.25, 0.3) is 10.9 Å². The van der Waals surface area contributed by atoms with Gasteiger partial charge in [0.25, 0.3) is 5.67 Å². The summed E-state index contributed by atoms with van der Waals surface area (Å²) in [6.07, 6.45) is -2.50. The fraction of sp³-hybridized carbons (Fsp3) is 0.698. The van der Waals surface area contributed by atoms with Gasteiger partial charge in [0.1, 0.15) is 24.0 Å². The molecule has 0 radical (unpaired) electrons. The van der Waals surface area contributed by atoms with Gasteiger partial charge in [0.15, 0.2) is 17.7 Å². The second-order valence-electron chi connectivity index (χ2n) is 17.3. The van der Waals surface area contributed by atoms with Crippen molar-refractivity contribution in [1.82, 2.24) is 20.3 Å². The molecule has 14 nitrogen and oxygen atoms in total. The fourth-order valence-electron chi connectivity index (χ4n) is 9.39. The van der Waals surface area contributed by atoms with Gasteiger partial charge < -0.3 is 33.7 Å². The number of aliphatic hydroxyl groups excluding tert-OH is 1. The van der Waals surface area contributed by atoms with E-state index in [9.17, 15) is 24.3 Å². The third kappa shape index (κ3) is 8.80. The molecule has 1 aromatic carbocycles. The SMILES string of the molecule is CC[C@H]1OC(=O)[C@@](C)(F)C(=O)[C@H](C)[C@@H](O[C@@H]2O[C@H](C)C[C@H](N(C)C)[C@H]2O)[C@](C)(OC)C[C@@H](C)C(=O)[C@H](C)[C@H]2N(NCCCc3ccnc4ccccc34)C(=O)O[C@]12C. The first-order valence-corrected chi connectivity index (χ1v) is 20.5. The number of fused-ring (bicyclic) bond motifs is 2. The van der Waals surface area contributed by atoms with Gasteiger partial charge in [-0.2, -0.15) is 0 Å². The monoisotopic (exact) mass is 814 g/mol. The van der Waals surface area contributed by atoms with Crippen LogP contribution in [0.15, 0.2) is 36.5 Å². The predicted molar refractivity (Wildman–Crippen MR) is 213 cm³/mol. The van der Waals surface area contributed by atoms with E-state index in [4.69, 9.17) is 23.7 Å². The number of carbonyl (C=O) groups is 4. The molecule has 2 N–H and O–H groups in total. The molecule has 4 heterocycles. The third-order valence-electron chi connectivity index (χ3n) is 12.7. The highest BCUT2D eigenvalue weighted by atomic mass is 19.1. The topological polar surface area (TPSA) is 166 Å².